The molecule has 0 atom stereocenters. The lowest BCUT2D eigenvalue weighted by molar-refractivity contribution is 0.414. The Hall–Kier alpha value is -2.01. The van der Waals surface area contributed by atoms with Gasteiger partial charge in [0.1, 0.15) is 12.0 Å². The van der Waals surface area contributed by atoms with Crippen molar-refractivity contribution in [3.05, 3.63) is 41.8 Å². The van der Waals surface area contributed by atoms with E-state index in [9.17, 15) is 0 Å². The monoisotopic (exact) mass is 289 g/mol. The Balaban J connectivity index is 1.91. The number of oxazole rings is 1. The molecular formula is C16H23N3O2. The van der Waals surface area contributed by atoms with Crippen LogP contribution in [0.3, 0.4) is 0 Å². The van der Waals surface area contributed by atoms with Crippen LogP contribution in [-0.4, -0.2) is 25.7 Å². The summed E-state index contributed by atoms with van der Waals surface area (Å²) in [6.07, 6.45) is 2.82. The predicted molar refractivity (Wildman–Crippen MR) is 83.6 cm³/mol. The molecule has 0 saturated carbocycles. The smallest absolute Gasteiger partial charge is 0.297 e. The molecule has 1 N–H and O–H groups in total. The van der Waals surface area contributed by atoms with Gasteiger partial charge in [-0.05, 0) is 30.7 Å². The predicted octanol–water partition coefficient (Wildman–Crippen LogP) is 2.82. The number of nitrogens with one attached hydrogen (secondary N) is 1. The van der Waals surface area contributed by atoms with Crippen LogP contribution in [0.4, 0.5) is 6.01 Å². The van der Waals surface area contributed by atoms with Gasteiger partial charge in [-0.2, -0.15) is 4.98 Å². The molecule has 2 aromatic rings. The van der Waals surface area contributed by atoms with Crippen molar-refractivity contribution in [3.8, 4) is 5.75 Å². The lowest BCUT2D eigenvalue weighted by Crippen LogP contribution is -2.17. The molecule has 1 heterocycles. The van der Waals surface area contributed by atoms with E-state index in [4.69, 9.17) is 9.15 Å². The summed E-state index contributed by atoms with van der Waals surface area (Å²) < 4.78 is 10.7. The van der Waals surface area contributed by atoms with Crippen LogP contribution in [0.15, 0.2) is 34.9 Å². The maximum atomic E-state index is 5.52. The summed E-state index contributed by atoms with van der Waals surface area (Å²) in [4.78, 5) is 6.48. The number of rotatable bonds is 8. The highest BCUT2D eigenvalue weighted by Crippen LogP contribution is 2.17. The molecule has 114 valence electrons. The summed E-state index contributed by atoms with van der Waals surface area (Å²) in [5, 5.41) is 3.31. The number of aromatic nitrogens is 1. The van der Waals surface area contributed by atoms with Crippen molar-refractivity contribution in [2.75, 3.05) is 25.6 Å². The van der Waals surface area contributed by atoms with Gasteiger partial charge in [-0.1, -0.05) is 19.1 Å². The zero-order chi connectivity index (χ0) is 15.1. The maximum absolute atomic E-state index is 5.52. The van der Waals surface area contributed by atoms with E-state index < -0.39 is 0 Å². The Kier molecular flexibility index (Phi) is 5.63. The first-order valence-electron chi connectivity index (χ1n) is 7.22. The highest BCUT2D eigenvalue weighted by Gasteiger charge is 2.09. The van der Waals surface area contributed by atoms with E-state index in [0.717, 1.165) is 37.5 Å². The minimum absolute atomic E-state index is 0.638. The van der Waals surface area contributed by atoms with Crippen molar-refractivity contribution in [2.24, 2.45) is 0 Å². The molecule has 0 spiro atoms. The third-order valence-electron chi connectivity index (χ3n) is 3.18. The number of benzene rings is 1. The average molecular weight is 289 g/mol. The number of nitrogens with zero attached hydrogens (tertiary/aromatic N) is 2. The van der Waals surface area contributed by atoms with Gasteiger partial charge in [0.15, 0.2) is 0 Å². The first-order valence-corrected chi connectivity index (χ1v) is 7.22. The van der Waals surface area contributed by atoms with Gasteiger partial charge in [-0.25, -0.2) is 0 Å². The molecule has 0 aliphatic heterocycles. The molecule has 21 heavy (non-hydrogen) atoms. The van der Waals surface area contributed by atoms with Gasteiger partial charge in [-0.3, -0.25) is 0 Å². The van der Waals surface area contributed by atoms with E-state index in [-0.39, 0.29) is 0 Å². The van der Waals surface area contributed by atoms with Gasteiger partial charge < -0.3 is 19.4 Å². The second-order valence-corrected chi connectivity index (χ2v) is 5.00. The maximum Gasteiger partial charge on any atom is 0.297 e. The van der Waals surface area contributed by atoms with Gasteiger partial charge >= 0.3 is 0 Å². The normalized spacial score (nSPS) is 10.6. The molecule has 0 bridgehead atoms. The molecule has 0 saturated heterocycles. The van der Waals surface area contributed by atoms with Gasteiger partial charge in [0.2, 0.25) is 0 Å². The highest BCUT2D eigenvalue weighted by molar-refractivity contribution is 5.32. The first kappa shape index (κ1) is 15.4. The number of anilines is 1. The van der Waals surface area contributed by atoms with E-state index in [1.807, 2.05) is 36.2 Å². The molecule has 0 aliphatic carbocycles. The average Bonchev–Trinajstić information content (AvgIpc) is 2.97. The molecule has 0 amide bonds. The van der Waals surface area contributed by atoms with Crippen LogP contribution in [0.1, 0.15) is 24.6 Å². The number of methoxy groups -OCH3 is 1. The SMILES string of the molecule is CCCNCc1coc(N(C)Cc2ccc(OC)cc2)n1. The molecule has 0 aliphatic rings. The van der Waals surface area contributed by atoms with Crippen molar-refractivity contribution in [1.82, 2.24) is 10.3 Å². The van der Waals surface area contributed by atoms with Crippen LogP contribution in [-0.2, 0) is 13.1 Å². The molecule has 5 nitrogen and oxygen atoms in total. The Bertz CT molecular complexity index is 537. The second-order valence-electron chi connectivity index (χ2n) is 5.00. The lowest BCUT2D eigenvalue weighted by atomic mass is 10.2. The van der Waals surface area contributed by atoms with Crippen LogP contribution in [0, 0.1) is 0 Å². The Morgan fingerprint density at radius 2 is 2.05 bits per heavy atom. The number of hydrogen-bond acceptors (Lipinski definition) is 5. The number of hydrogen-bond donors (Lipinski definition) is 1. The summed E-state index contributed by atoms with van der Waals surface area (Å²) in [7, 11) is 3.64. The van der Waals surface area contributed by atoms with Gasteiger partial charge in [0.05, 0.1) is 12.8 Å². The van der Waals surface area contributed by atoms with E-state index in [1.54, 1.807) is 13.4 Å². The molecular weight excluding hydrogens is 266 g/mol. The van der Waals surface area contributed by atoms with Gasteiger partial charge in [0, 0.05) is 20.1 Å². The van der Waals surface area contributed by atoms with Crippen molar-refractivity contribution in [2.45, 2.75) is 26.4 Å². The molecule has 1 aromatic carbocycles. The fourth-order valence-corrected chi connectivity index (χ4v) is 2.02. The highest BCUT2D eigenvalue weighted by atomic mass is 16.5. The van der Waals surface area contributed by atoms with E-state index >= 15 is 0 Å². The summed E-state index contributed by atoms with van der Waals surface area (Å²) in [6.45, 7) is 4.62. The van der Waals surface area contributed by atoms with Gasteiger partial charge in [0.25, 0.3) is 6.01 Å². The molecule has 1 aromatic heterocycles. The standard InChI is InChI=1S/C16H23N3O2/c1-4-9-17-10-14-12-21-16(18-14)19(2)11-13-5-7-15(20-3)8-6-13/h5-8,12,17H,4,9-11H2,1-3H3. The van der Waals surface area contributed by atoms with E-state index in [2.05, 4.69) is 17.2 Å². The van der Waals surface area contributed by atoms with Crippen LogP contribution < -0.4 is 15.0 Å². The van der Waals surface area contributed by atoms with Crippen molar-refractivity contribution < 1.29 is 9.15 Å². The number of ether oxygens (including phenoxy) is 1. The Labute approximate surface area is 125 Å². The Morgan fingerprint density at radius 1 is 1.29 bits per heavy atom. The second kappa shape index (κ2) is 7.69. The molecule has 0 unspecified atom stereocenters. The molecule has 0 radical (unpaired) electrons. The summed E-state index contributed by atoms with van der Waals surface area (Å²) >= 11 is 0. The zero-order valence-electron chi connectivity index (χ0n) is 12.9. The van der Waals surface area contributed by atoms with Crippen LogP contribution >= 0.6 is 0 Å². The minimum atomic E-state index is 0.638. The van der Waals surface area contributed by atoms with Crippen LogP contribution in [0.25, 0.3) is 0 Å². The van der Waals surface area contributed by atoms with E-state index in [0.29, 0.717) is 6.01 Å². The summed E-state index contributed by atoms with van der Waals surface area (Å²) in [6, 6.07) is 8.64. The topological polar surface area (TPSA) is 50.5 Å². The van der Waals surface area contributed by atoms with Crippen molar-refractivity contribution in [3.63, 3.8) is 0 Å². The van der Waals surface area contributed by atoms with Crippen molar-refractivity contribution >= 4 is 6.01 Å². The third-order valence-corrected chi connectivity index (χ3v) is 3.18. The van der Waals surface area contributed by atoms with E-state index in [1.165, 1.54) is 5.56 Å². The molecule has 2 rings (SSSR count). The first-order chi connectivity index (χ1) is 10.2. The summed E-state index contributed by atoms with van der Waals surface area (Å²) in [5.41, 5.74) is 2.11. The Morgan fingerprint density at radius 3 is 2.71 bits per heavy atom. The van der Waals surface area contributed by atoms with Gasteiger partial charge in [-0.15, -0.1) is 0 Å². The fraction of sp³-hybridized carbons (Fsp3) is 0.438. The van der Waals surface area contributed by atoms with Crippen LogP contribution in [0.2, 0.25) is 0 Å². The minimum Gasteiger partial charge on any atom is -0.497 e. The quantitative estimate of drug-likeness (QED) is 0.757. The van der Waals surface area contributed by atoms with Crippen molar-refractivity contribution in [1.29, 1.82) is 0 Å². The zero-order valence-corrected chi connectivity index (χ0v) is 12.9. The largest absolute Gasteiger partial charge is 0.497 e. The lowest BCUT2D eigenvalue weighted by Gasteiger charge is -2.14. The molecule has 5 heteroatoms. The third kappa shape index (κ3) is 4.49. The molecule has 0 fully saturated rings. The fourth-order valence-electron chi connectivity index (χ4n) is 2.02. The van der Waals surface area contributed by atoms with Crippen LogP contribution in [0.5, 0.6) is 5.75 Å². The summed E-state index contributed by atoms with van der Waals surface area (Å²) in [5.74, 6) is 0.863.